The Labute approximate surface area is 145 Å². The van der Waals surface area contributed by atoms with Gasteiger partial charge in [-0.15, -0.1) is 0 Å². The monoisotopic (exact) mass is 335 g/mol. The van der Waals surface area contributed by atoms with Gasteiger partial charge < -0.3 is 9.73 Å². The molecule has 1 aliphatic rings. The highest BCUT2D eigenvalue weighted by molar-refractivity contribution is 5.92. The van der Waals surface area contributed by atoms with Gasteiger partial charge in [-0.1, -0.05) is 36.4 Å². The highest BCUT2D eigenvalue weighted by Gasteiger charge is 2.40. The summed E-state index contributed by atoms with van der Waals surface area (Å²) in [5, 5.41) is 3.17. The molecular formula is C21H18FNO2. The zero-order chi connectivity index (χ0) is 17.3. The number of carbonyl (C=O) groups is 1. The lowest BCUT2D eigenvalue weighted by Crippen LogP contribution is -2.48. The zero-order valence-corrected chi connectivity index (χ0v) is 13.7. The average molecular weight is 335 g/mol. The summed E-state index contributed by atoms with van der Waals surface area (Å²) in [7, 11) is 0. The van der Waals surface area contributed by atoms with Crippen molar-refractivity contribution in [2.75, 3.05) is 0 Å². The highest BCUT2D eigenvalue weighted by atomic mass is 19.1. The van der Waals surface area contributed by atoms with Crippen molar-refractivity contribution in [2.24, 2.45) is 0 Å². The van der Waals surface area contributed by atoms with Gasteiger partial charge >= 0.3 is 0 Å². The van der Waals surface area contributed by atoms with Gasteiger partial charge in [-0.05, 0) is 60.2 Å². The van der Waals surface area contributed by atoms with Crippen LogP contribution in [0, 0.1) is 5.82 Å². The number of furan rings is 1. The molecule has 4 heteroatoms. The summed E-state index contributed by atoms with van der Waals surface area (Å²) in [6.45, 7) is 0. The maximum atomic E-state index is 13.5. The maximum Gasteiger partial charge on any atom is 0.287 e. The minimum absolute atomic E-state index is 0.268. The number of nitrogens with one attached hydrogen (secondary N) is 1. The second-order valence-electron chi connectivity index (χ2n) is 6.35. The molecule has 0 bridgehead atoms. The Balaban J connectivity index is 1.85. The maximum absolute atomic E-state index is 13.5. The predicted molar refractivity (Wildman–Crippen MR) is 92.7 cm³/mol. The molecule has 1 heterocycles. The fourth-order valence-corrected chi connectivity index (χ4v) is 3.73. The topological polar surface area (TPSA) is 42.2 Å². The van der Waals surface area contributed by atoms with E-state index in [9.17, 15) is 9.18 Å². The van der Waals surface area contributed by atoms with Crippen LogP contribution < -0.4 is 5.32 Å². The molecule has 1 amide bonds. The first kappa shape index (κ1) is 15.6. The Bertz CT molecular complexity index is 887. The normalized spacial score (nSPS) is 19.2. The number of hydrogen-bond acceptors (Lipinski definition) is 2. The van der Waals surface area contributed by atoms with E-state index in [2.05, 4.69) is 11.4 Å². The number of aryl methyl sites for hydroxylation is 1. The van der Waals surface area contributed by atoms with Crippen LogP contribution in [0.3, 0.4) is 0 Å². The average Bonchev–Trinajstić information content (AvgIpc) is 3.17. The molecule has 0 saturated heterocycles. The molecular weight excluding hydrogens is 317 g/mol. The van der Waals surface area contributed by atoms with Crippen LogP contribution in [0.15, 0.2) is 71.3 Å². The lowest BCUT2D eigenvalue weighted by atomic mass is 9.72. The van der Waals surface area contributed by atoms with E-state index in [1.807, 2.05) is 18.2 Å². The number of amides is 1. The van der Waals surface area contributed by atoms with Crippen molar-refractivity contribution in [1.82, 2.24) is 5.32 Å². The van der Waals surface area contributed by atoms with Crippen LogP contribution in [0.5, 0.6) is 0 Å². The minimum Gasteiger partial charge on any atom is -0.459 e. The van der Waals surface area contributed by atoms with Gasteiger partial charge in [0, 0.05) is 0 Å². The summed E-state index contributed by atoms with van der Waals surface area (Å²) < 4.78 is 18.7. The summed E-state index contributed by atoms with van der Waals surface area (Å²) in [6.07, 6.45) is 4.14. The van der Waals surface area contributed by atoms with Gasteiger partial charge in [0.1, 0.15) is 5.82 Å². The fraction of sp³-hybridized carbons (Fsp3) is 0.190. The number of halogens is 1. The van der Waals surface area contributed by atoms with Crippen molar-refractivity contribution in [2.45, 2.75) is 24.8 Å². The number of rotatable bonds is 3. The fourth-order valence-electron chi connectivity index (χ4n) is 3.73. The molecule has 1 N–H and O–H groups in total. The Morgan fingerprint density at radius 3 is 2.60 bits per heavy atom. The van der Waals surface area contributed by atoms with E-state index in [0.717, 1.165) is 30.4 Å². The van der Waals surface area contributed by atoms with Crippen LogP contribution in [-0.4, -0.2) is 5.91 Å². The van der Waals surface area contributed by atoms with Crippen LogP contribution in [0.2, 0.25) is 0 Å². The van der Waals surface area contributed by atoms with E-state index in [1.54, 1.807) is 24.3 Å². The zero-order valence-electron chi connectivity index (χ0n) is 13.7. The number of carbonyl (C=O) groups excluding carboxylic acids is 1. The second-order valence-corrected chi connectivity index (χ2v) is 6.35. The van der Waals surface area contributed by atoms with Gasteiger partial charge in [-0.3, -0.25) is 4.79 Å². The molecule has 126 valence electrons. The molecule has 0 unspecified atom stereocenters. The van der Waals surface area contributed by atoms with E-state index < -0.39 is 5.54 Å². The molecule has 3 nitrogen and oxygen atoms in total. The van der Waals surface area contributed by atoms with Crippen molar-refractivity contribution in [3.05, 3.63) is 95.2 Å². The Morgan fingerprint density at radius 1 is 1.04 bits per heavy atom. The van der Waals surface area contributed by atoms with E-state index in [0.29, 0.717) is 0 Å². The van der Waals surface area contributed by atoms with Gasteiger partial charge in [-0.25, -0.2) is 4.39 Å². The molecule has 0 radical (unpaired) electrons. The van der Waals surface area contributed by atoms with Crippen LogP contribution in [0.25, 0.3) is 0 Å². The Hall–Kier alpha value is -2.88. The molecule has 0 saturated carbocycles. The summed E-state index contributed by atoms with van der Waals surface area (Å²) in [6, 6.07) is 17.8. The van der Waals surface area contributed by atoms with Gasteiger partial charge in [-0.2, -0.15) is 0 Å². The van der Waals surface area contributed by atoms with Crippen LogP contribution in [0.1, 0.15) is 40.1 Å². The molecule has 2 aromatic carbocycles. The predicted octanol–water partition coefficient (Wildman–Crippen LogP) is 4.43. The molecule has 1 atom stereocenters. The largest absolute Gasteiger partial charge is 0.459 e. The molecule has 25 heavy (non-hydrogen) atoms. The van der Waals surface area contributed by atoms with Crippen LogP contribution in [0.4, 0.5) is 4.39 Å². The smallest absolute Gasteiger partial charge is 0.287 e. The number of hydrogen-bond donors (Lipinski definition) is 1. The standard InChI is InChI=1S/C21H18FNO2/c22-17-11-9-16(10-12-17)21(23-20(24)19-8-4-14-25-19)13-3-6-15-5-1-2-7-18(15)21/h1-2,4-5,7-12,14H,3,6,13H2,(H,23,24)/t21-/m0/s1. The van der Waals surface area contributed by atoms with Gasteiger partial charge in [0.25, 0.3) is 5.91 Å². The van der Waals surface area contributed by atoms with E-state index in [-0.39, 0.29) is 17.5 Å². The number of fused-ring (bicyclic) bond motifs is 1. The van der Waals surface area contributed by atoms with E-state index in [1.165, 1.54) is 24.0 Å². The lowest BCUT2D eigenvalue weighted by molar-refractivity contribution is 0.0876. The molecule has 0 spiro atoms. The van der Waals surface area contributed by atoms with Crippen LogP contribution in [-0.2, 0) is 12.0 Å². The van der Waals surface area contributed by atoms with Gasteiger partial charge in [0.15, 0.2) is 5.76 Å². The van der Waals surface area contributed by atoms with Gasteiger partial charge in [0.2, 0.25) is 0 Å². The highest BCUT2D eigenvalue weighted by Crippen LogP contribution is 2.41. The van der Waals surface area contributed by atoms with Crippen molar-refractivity contribution < 1.29 is 13.6 Å². The molecule has 0 fully saturated rings. The molecule has 0 aliphatic heterocycles. The first-order valence-corrected chi connectivity index (χ1v) is 8.39. The summed E-state index contributed by atoms with van der Waals surface area (Å²) >= 11 is 0. The quantitative estimate of drug-likeness (QED) is 0.769. The summed E-state index contributed by atoms with van der Waals surface area (Å²) in [5.41, 5.74) is 2.46. The van der Waals surface area contributed by atoms with E-state index in [4.69, 9.17) is 4.42 Å². The third-order valence-electron chi connectivity index (χ3n) is 4.88. The third kappa shape index (κ3) is 2.74. The Morgan fingerprint density at radius 2 is 1.84 bits per heavy atom. The molecule has 4 rings (SSSR count). The summed E-state index contributed by atoms with van der Waals surface area (Å²) in [5.74, 6) is -0.295. The second kappa shape index (κ2) is 6.20. The van der Waals surface area contributed by atoms with Crippen molar-refractivity contribution in [1.29, 1.82) is 0 Å². The van der Waals surface area contributed by atoms with Crippen molar-refractivity contribution >= 4 is 5.91 Å². The summed E-state index contributed by atoms with van der Waals surface area (Å²) in [4.78, 5) is 12.8. The van der Waals surface area contributed by atoms with E-state index >= 15 is 0 Å². The van der Waals surface area contributed by atoms with Crippen molar-refractivity contribution in [3.63, 3.8) is 0 Å². The first-order valence-electron chi connectivity index (χ1n) is 8.39. The van der Waals surface area contributed by atoms with Gasteiger partial charge in [0.05, 0.1) is 11.8 Å². The first-order chi connectivity index (χ1) is 12.2. The van der Waals surface area contributed by atoms with Crippen LogP contribution >= 0.6 is 0 Å². The van der Waals surface area contributed by atoms with Crippen molar-refractivity contribution in [3.8, 4) is 0 Å². The molecule has 3 aromatic rings. The molecule has 1 aliphatic carbocycles. The lowest BCUT2D eigenvalue weighted by Gasteiger charge is -2.40. The molecule has 1 aromatic heterocycles. The SMILES string of the molecule is O=C(N[C@]1(c2ccc(F)cc2)CCCc2ccccc21)c1ccco1. The Kier molecular flexibility index (Phi) is 3.88. The third-order valence-corrected chi connectivity index (χ3v) is 4.88. The number of benzene rings is 2. The minimum atomic E-state index is -0.688.